The molecule has 1 aromatic heterocycles. The molecule has 16 heavy (non-hydrogen) atoms. The number of benzene rings is 1. The zero-order valence-electron chi connectivity index (χ0n) is 9.29. The fourth-order valence-corrected chi connectivity index (χ4v) is 1.99. The van der Waals surface area contributed by atoms with E-state index in [1.54, 1.807) is 0 Å². The Morgan fingerprint density at radius 3 is 2.75 bits per heavy atom. The molecule has 0 amide bonds. The summed E-state index contributed by atoms with van der Waals surface area (Å²) in [6.07, 6.45) is 0. The molecule has 0 radical (unpaired) electrons. The van der Waals surface area contributed by atoms with Crippen LogP contribution >= 0.6 is 0 Å². The average molecular weight is 219 g/mol. The molecule has 0 fully saturated rings. The van der Waals surface area contributed by atoms with Crippen LogP contribution in [0.15, 0.2) is 16.5 Å². The van der Waals surface area contributed by atoms with E-state index in [1.165, 1.54) is 0 Å². The van der Waals surface area contributed by atoms with Gasteiger partial charge in [-0.05, 0) is 25.6 Å². The second-order valence-electron chi connectivity index (χ2n) is 3.88. The molecule has 0 unspecified atom stereocenters. The van der Waals surface area contributed by atoms with Crippen molar-refractivity contribution in [3.63, 3.8) is 0 Å². The molecule has 0 bridgehead atoms. The van der Waals surface area contributed by atoms with Crippen molar-refractivity contribution >= 4 is 11.0 Å². The predicted octanol–water partition coefficient (Wildman–Crippen LogP) is 2.19. The monoisotopic (exact) mass is 219 g/mol. The molecule has 1 aliphatic heterocycles. The number of hydrogen-bond donors (Lipinski definition) is 1. The Kier molecular flexibility index (Phi) is 2.04. The van der Waals surface area contributed by atoms with E-state index < -0.39 is 0 Å². The van der Waals surface area contributed by atoms with Gasteiger partial charge in [0.25, 0.3) is 0 Å². The highest BCUT2D eigenvalue weighted by atomic mass is 16.7. The van der Waals surface area contributed by atoms with E-state index in [1.807, 2.05) is 19.2 Å². The van der Waals surface area contributed by atoms with Crippen molar-refractivity contribution < 1.29 is 13.9 Å². The highest BCUT2D eigenvalue weighted by Crippen LogP contribution is 2.38. The average Bonchev–Trinajstić information content (AvgIpc) is 2.83. The van der Waals surface area contributed by atoms with Crippen molar-refractivity contribution in [1.29, 1.82) is 0 Å². The van der Waals surface area contributed by atoms with Crippen molar-refractivity contribution in [2.24, 2.45) is 0 Å². The molecule has 1 aromatic carbocycles. The van der Waals surface area contributed by atoms with Crippen molar-refractivity contribution in [2.75, 3.05) is 13.8 Å². The number of hydrogen-bond acceptors (Lipinski definition) is 4. The summed E-state index contributed by atoms with van der Waals surface area (Å²) in [6, 6.07) is 3.87. The van der Waals surface area contributed by atoms with Crippen LogP contribution in [0, 0.1) is 6.92 Å². The first-order chi connectivity index (χ1) is 7.79. The van der Waals surface area contributed by atoms with Gasteiger partial charge in [0.15, 0.2) is 11.5 Å². The third-order valence-corrected chi connectivity index (χ3v) is 2.87. The maximum atomic E-state index is 5.77. The van der Waals surface area contributed by atoms with Gasteiger partial charge in [-0.2, -0.15) is 0 Å². The predicted molar refractivity (Wildman–Crippen MR) is 59.8 cm³/mol. The van der Waals surface area contributed by atoms with E-state index >= 15 is 0 Å². The molecule has 84 valence electrons. The van der Waals surface area contributed by atoms with E-state index in [9.17, 15) is 0 Å². The zero-order chi connectivity index (χ0) is 11.1. The van der Waals surface area contributed by atoms with Gasteiger partial charge in [0, 0.05) is 11.5 Å². The lowest BCUT2D eigenvalue weighted by Gasteiger charge is -1.95. The van der Waals surface area contributed by atoms with Gasteiger partial charge in [-0.1, -0.05) is 0 Å². The minimum absolute atomic E-state index is 0.296. The summed E-state index contributed by atoms with van der Waals surface area (Å²) in [6.45, 7) is 3.08. The summed E-state index contributed by atoms with van der Waals surface area (Å²) in [5, 5.41) is 4.18. The Balaban J connectivity index is 2.20. The standard InChI is InChI=1S/C12H13NO3/c1-7-8-3-10-11(15-6-14-10)4-9(8)16-12(7)5-13-2/h3-4,13H,5-6H2,1-2H3. The van der Waals surface area contributed by atoms with Crippen LogP contribution in [-0.4, -0.2) is 13.8 Å². The molecule has 1 aliphatic rings. The normalized spacial score (nSPS) is 13.6. The molecule has 0 saturated heterocycles. The Bertz CT molecular complexity index is 545. The first kappa shape index (κ1) is 9.54. The molecular weight excluding hydrogens is 206 g/mol. The maximum Gasteiger partial charge on any atom is 0.231 e. The highest BCUT2D eigenvalue weighted by molar-refractivity contribution is 5.85. The van der Waals surface area contributed by atoms with E-state index in [2.05, 4.69) is 12.2 Å². The topological polar surface area (TPSA) is 43.6 Å². The van der Waals surface area contributed by atoms with Crippen LogP contribution < -0.4 is 14.8 Å². The lowest BCUT2D eigenvalue weighted by Crippen LogP contribution is -2.04. The number of fused-ring (bicyclic) bond motifs is 2. The summed E-state index contributed by atoms with van der Waals surface area (Å²) < 4.78 is 16.4. The fraction of sp³-hybridized carbons (Fsp3) is 0.333. The lowest BCUT2D eigenvalue weighted by molar-refractivity contribution is 0.174. The van der Waals surface area contributed by atoms with Crippen LogP contribution in [0.2, 0.25) is 0 Å². The molecule has 2 heterocycles. The SMILES string of the molecule is CNCc1oc2cc3c(cc2c1C)OCO3. The number of nitrogens with one attached hydrogen (secondary N) is 1. The van der Waals surface area contributed by atoms with Crippen LogP contribution in [0.5, 0.6) is 11.5 Å². The van der Waals surface area contributed by atoms with Crippen LogP contribution in [0.3, 0.4) is 0 Å². The molecule has 0 saturated carbocycles. The van der Waals surface area contributed by atoms with Gasteiger partial charge >= 0.3 is 0 Å². The van der Waals surface area contributed by atoms with Crippen molar-refractivity contribution in [2.45, 2.75) is 13.5 Å². The van der Waals surface area contributed by atoms with E-state index in [0.717, 1.165) is 40.3 Å². The van der Waals surface area contributed by atoms with Crippen LogP contribution in [0.4, 0.5) is 0 Å². The Hall–Kier alpha value is -1.68. The van der Waals surface area contributed by atoms with Gasteiger partial charge in [-0.15, -0.1) is 0 Å². The van der Waals surface area contributed by atoms with Gasteiger partial charge in [-0.3, -0.25) is 0 Å². The third-order valence-electron chi connectivity index (χ3n) is 2.87. The Morgan fingerprint density at radius 2 is 2.00 bits per heavy atom. The molecular formula is C12H13NO3. The molecule has 4 nitrogen and oxygen atoms in total. The van der Waals surface area contributed by atoms with Crippen LogP contribution in [0.1, 0.15) is 11.3 Å². The van der Waals surface area contributed by atoms with E-state index in [4.69, 9.17) is 13.9 Å². The first-order valence-corrected chi connectivity index (χ1v) is 5.26. The van der Waals surface area contributed by atoms with E-state index in [-0.39, 0.29) is 0 Å². The number of aryl methyl sites for hydroxylation is 1. The smallest absolute Gasteiger partial charge is 0.231 e. The van der Waals surface area contributed by atoms with Crippen molar-refractivity contribution in [1.82, 2.24) is 5.32 Å². The number of rotatable bonds is 2. The summed E-state index contributed by atoms with van der Waals surface area (Å²) in [4.78, 5) is 0. The van der Waals surface area contributed by atoms with Gasteiger partial charge in [0.05, 0.1) is 6.54 Å². The lowest BCUT2D eigenvalue weighted by atomic mass is 10.1. The summed E-state index contributed by atoms with van der Waals surface area (Å²) in [5.74, 6) is 2.52. The number of furan rings is 1. The summed E-state index contributed by atoms with van der Waals surface area (Å²) in [7, 11) is 1.90. The molecule has 0 aliphatic carbocycles. The van der Waals surface area contributed by atoms with Crippen molar-refractivity contribution in [3.8, 4) is 11.5 Å². The molecule has 3 rings (SSSR count). The van der Waals surface area contributed by atoms with Gasteiger partial charge in [0.1, 0.15) is 11.3 Å². The largest absolute Gasteiger partial charge is 0.459 e. The Labute approximate surface area is 93.1 Å². The first-order valence-electron chi connectivity index (χ1n) is 5.26. The van der Waals surface area contributed by atoms with Crippen LogP contribution in [-0.2, 0) is 6.54 Å². The maximum absolute atomic E-state index is 5.77. The van der Waals surface area contributed by atoms with Crippen LogP contribution in [0.25, 0.3) is 11.0 Å². The van der Waals surface area contributed by atoms with Gasteiger partial charge in [-0.25, -0.2) is 0 Å². The highest BCUT2D eigenvalue weighted by Gasteiger charge is 2.18. The minimum atomic E-state index is 0.296. The molecule has 1 N–H and O–H groups in total. The second-order valence-corrected chi connectivity index (χ2v) is 3.88. The van der Waals surface area contributed by atoms with Gasteiger partial charge < -0.3 is 19.2 Å². The van der Waals surface area contributed by atoms with Crippen molar-refractivity contribution in [3.05, 3.63) is 23.5 Å². The molecule has 0 spiro atoms. The third kappa shape index (κ3) is 1.27. The van der Waals surface area contributed by atoms with Gasteiger partial charge in [0.2, 0.25) is 6.79 Å². The van der Waals surface area contributed by atoms with E-state index in [0.29, 0.717) is 6.79 Å². The summed E-state index contributed by atoms with van der Waals surface area (Å²) in [5.41, 5.74) is 2.01. The number of ether oxygens (including phenoxy) is 2. The molecule has 2 aromatic rings. The minimum Gasteiger partial charge on any atom is -0.459 e. The molecule has 0 atom stereocenters. The molecule has 4 heteroatoms. The Morgan fingerprint density at radius 1 is 1.25 bits per heavy atom. The summed E-state index contributed by atoms with van der Waals surface area (Å²) >= 11 is 0. The second kappa shape index (κ2) is 3.42. The quantitative estimate of drug-likeness (QED) is 0.840. The zero-order valence-corrected chi connectivity index (χ0v) is 9.29. The fourth-order valence-electron chi connectivity index (χ4n) is 1.99.